The molecule has 2 aliphatic rings. The number of thiophene rings is 1. The van der Waals surface area contributed by atoms with Crippen molar-refractivity contribution >= 4 is 72.4 Å². The summed E-state index contributed by atoms with van der Waals surface area (Å²) in [6.07, 6.45) is 3.99. The van der Waals surface area contributed by atoms with Crippen LogP contribution in [0.4, 0.5) is 8.78 Å². The Bertz CT molecular complexity index is 1770. The zero-order valence-electron chi connectivity index (χ0n) is 23.5. The summed E-state index contributed by atoms with van der Waals surface area (Å²) in [5.74, 6) is -0.150. The van der Waals surface area contributed by atoms with E-state index in [-0.39, 0.29) is 38.7 Å². The average Bonchev–Trinajstić information content (AvgIpc) is 3.50. The maximum Gasteiger partial charge on any atom is 0.387 e. The molecule has 3 heterocycles. The summed E-state index contributed by atoms with van der Waals surface area (Å²) in [7, 11) is -4.02. The van der Waals surface area contributed by atoms with Gasteiger partial charge in [-0.2, -0.15) is 13.1 Å². The summed E-state index contributed by atoms with van der Waals surface area (Å²) in [5, 5.41) is 0.218. The van der Waals surface area contributed by atoms with Crippen molar-refractivity contribution < 1.29 is 41.2 Å². The van der Waals surface area contributed by atoms with E-state index < -0.39 is 34.1 Å². The summed E-state index contributed by atoms with van der Waals surface area (Å²) < 4.78 is 72.5. The molecular formula is C30H27Cl2F2N2O6S3+. The number of pyridine rings is 1. The SMILES string of the molecule is O=C(O[C@@H](Cc1c(Cl)c[nH+]cc1Cl)c1ccc(OC(F)F)c(OCC2CC2)c1)[C@@H]1SCCN1S(=O)(=O)c1cc2ccccc2s1. The van der Waals surface area contributed by atoms with Gasteiger partial charge in [-0.05, 0) is 54.0 Å². The zero-order chi connectivity index (χ0) is 31.7. The van der Waals surface area contributed by atoms with Crippen molar-refractivity contribution in [2.75, 3.05) is 18.9 Å². The number of halogens is 4. The topological polar surface area (TPSA) is 96.3 Å². The third-order valence-electron chi connectivity index (χ3n) is 7.39. The van der Waals surface area contributed by atoms with Crippen LogP contribution in [-0.2, 0) is 26.0 Å². The molecule has 2 aromatic carbocycles. The number of sulfonamides is 1. The summed E-state index contributed by atoms with van der Waals surface area (Å²) in [6.45, 7) is -2.63. The quantitative estimate of drug-likeness (QED) is 0.146. The first-order valence-electron chi connectivity index (χ1n) is 14.0. The van der Waals surface area contributed by atoms with Gasteiger partial charge in [-0.25, -0.2) is 18.2 Å². The number of benzene rings is 2. The molecule has 0 radical (unpaired) electrons. The van der Waals surface area contributed by atoms with Gasteiger partial charge in [0.25, 0.3) is 10.0 Å². The molecule has 1 saturated carbocycles. The van der Waals surface area contributed by atoms with Crippen LogP contribution in [-0.4, -0.2) is 49.6 Å². The fraction of sp³-hybridized carbons (Fsp3) is 0.333. The molecule has 1 saturated heterocycles. The predicted molar refractivity (Wildman–Crippen MR) is 169 cm³/mol. The largest absolute Gasteiger partial charge is 0.489 e. The second-order valence-electron chi connectivity index (χ2n) is 10.5. The Kier molecular flexibility index (Phi) is 9.74. The average molecular weight is 717 g/mol. The maximum absolute atomic E-state index is 13.8. The smallest absolute Gasteiger partial charge is 0.387 e. The Morgan fingerprint density at radius 3 is 2.53 bits per heavy atom. The highest BCUT2D eigenvalue weighted by Gasteiger charge is 2.43. The van der Waals surface area contributed by atoms with Crippen molar-refractivity contribution in [1.82, 2.24) is 4.31 Å². The highest BCUT2D eigenvalue weighted by Crippen LogP contribution is 2.40. The minimum Gasteiger partial charge on any atom is -0.489 e. The number of fused-ring (bicyclic) bond motifs is 1. The van der Waals surface area contributed by atoms with Crippen molar-refractivity contribution in [2.45, 2.75) is 41.6 Å². The van der Waals surface area contributed by atoms with Gasteiger partial charge < -0.3 is 14.2 Å². The molecular weight excluding hydrogens is 689 g/mol. The Labute approximate surface area is 276 Å². The zero-order valence-corrected chi connectivity index (χ0v) is 27.4. The van der Waals surface area contributed by atoms with Gasteiger partial charge in [-0.1, -0.05) is 47.5 Å². The van der Waals surface area contributed by atoms with Crippen LogP contribution in [0.5, 0.6) is 11.5 Å². The number of hydrogen-bond donors (Lipinski definition) is 0. The van der Waals surface area contributed by atoms with Crippen molar-refractivity contribution in [2.24, 2.45) is 5.92 Å². The summed E-state index contributed by atoms with van der Waals surface area (Å²) in [4.78, 5) is 16.6. The standard InChI is InChI=1S/C30H26Cl2F2N2O6S3/c31-21-14-35-15-22(32)20(21)13-24(18-7-8-23(42-30(33)34)25(11-18)40-16-17-5-6-17)41-29(37)28-36(9-10-43-28)45(38,39)27-12-19-3-1-2-4-26(19)44-27/h1-4,7-8,11-12,14-15,17,24,28,30H,5-6,9-10,13,16H2/p+1/t24-,28-/m0/s1. The van der Waals surface area contributed by atoms with E-state index in [0.29, 0.717) is 29.4 Å². The maximum atomic E-state index is 13.8. The van der Waals surface area contributed by atoms with Gasteiger partial charge in [0.1, 0.15) is 20.4 Å². The molecule has 2 atom stereocenters. The first-order valence-corrected chi connectivity index (χ1v) is 18.0. The number of aromatic amines is 1. The van der Waals surface area contributed by atoms with Crippen molar-refractivity contribution in [3.63, 3.8) is 0 Å². The minimum absolute atomic E-state index is 0.00958. The first-order chi connectivity index (χ1) is 21.6. The molecule has 15 heteroatoms. The molecule has 4 aromatic rings. The summed E-state index contributed by atoms with van der Waals surface area (Å²) in [6, 6.07) is 13.2. The lowest BCUT2D eigenvalue weighted by atomic mass is 10.0. The van der Waals surface area contributed by atoms with Crippen LogP contribution < -0.4 is 14.5 Å². The molecule has 1 aliphatic carbocycles. The van der Waals surface area contributed by atoms with Gasteiger partial charge >= 0.3 is 12.6 Å². The number of rotatable bonds is 12. The monoisotopic (exact) mass is 715 g/mol. The van der Waals surface area contributed by atoms with Crippen molar-refractivity contribution in [3.05, 3.63) is 82.1 Å². The number of nitrogens with one attached hydrogen (secondary N) is 1. The van der Waals surface area contributed by atoms with Crippen LogP contribution >= 0.6 is 46.3 Å². The Balaban J connectivity index is 1.31. The number of H-pyrrole nitrogens is 1. The molecule has 0 spiro atoms. The van der Waals surface area contributed by atoms with E-state index in [4.69, 9.17) is 32.7 Å². The van der Waals surface area contributed by atoms with Gasteiger partial charge in [0.05, 0.1) is 6.61 Å². The molecule has 2 fully saturated rings. The number of carbonyl (C=O) groups is 1. The molecule has 6 rings (SSSR count). The lowest BCUT2D eigenvalue weighted by Gasteiger charge is -2.25. The van der Waals surface area contributed by atoms with Crippen LogP contribution in [0, 0.1) is 5.92 Å². The first kappa shape index (κ1) is 32.3. The van der Waals surface area contributed by atoms with E-state index in [2.05, 4.69) is 9.72 Å². The van der Waals surface area contributed by atoms with Crippen molar-refractivity contribution in [3.8, 4) is 11.5 Å². The second kappa shape index (κ2) is 13.6. The molecule has 2 aromatic heterocycles. The summed E-state index contributed by atoms with van der Waals surface area (Å²) in [5.41, 5.74) is 0.870. The third kappa shape index (κ3) is 7.34. The molecule has 45 heavy (non-hydrogen) atoms. The lowest BCUT2D eigenvalue weighted by Crippen LogP contribution is -2.40. The number of thioether (sulfide) groups is 1. The predicted octanol–water partition coefficient (Wildman–Crippen LogP) is 7.00. The fourth-order valence-electron chi connectivity index (χ4n) is 4.89. The van der Waals surface area contributed by atoms with E-state index in [0.717, 1.165) is 50.3 Å². The highest BCUT2D eigenvalue weighted by atomic mass is 35.5. The lowest BCUT2D eigenvalue weighted by molar-refractivity contribution is -0.377. The summed E-state index contributed by atoms with van der Waals surface area (Å²) >= 11 is 15.2. The van der Waals surface area contributed by atoms with Gasteiger partial charge in [0.2, 0.25) is 0 Å². The van der Waals surface area contributed by atoms with Gasteiger partial charge in [-0.15, -0.1) is 23.1 Å². The van der Waals surface area contributed by atoms with Gasteiger partial charge in [0, 0.05) is 29.0 Å². The number of esters is 1. The number of ether oxygens (including phenoxy) is 3. The third-order valence-corrected chi connectivity index (χ3v) is 12.8. The molecule has 0 unspecified atom stereocenters. The molecule has 0 bridgehead atoms. The fourth-order valence-corrected chi connectivity index (χ4v) is 10.0. The van der Waals surface area contributed by atoms with E-state index in [1.807, 2.05) is 24.3 Å². The molecule has 8 nitrogen and oxygen atoms in total. The van der Waals surface area contributed by atoms with E-state index in [9.17, 15) is 22.0 Å². The van der Waals surface area contributed by atoms with Crippen LogP contribution in [0.3, 0.4) is 0 Å². The Morgan fingerprint density at radius 2 is 1.82 bits per heavy atom. The van der Waals surface area contributed by atoms with E-state index in [1.165, 1.54) is 30.6 Å². The number of alkyl halides is 2. The van der Waals surface area contributed by atoms with E-state index >= 15 is 0 Å². The highest BCUT2D eigenvalue weighted by molar-refractivity contribution is 8.02. The van der Waals surface area contributed by atoms with Crippen LogP contribution in [0.2, 0.25) is 10.0 Å². The molecule has 0 amide bonds. The van der Waals surface area contributed by atoms with Crippen LogP contribution in [0.1, 0.15) is 30.1 Å². The molecule has 238 valence electrons. The Hall–Kier alpha value is -2.68. The number of aromatic nitrogens is 1. The number of nitrogens with zero attached hydrogens (tertiary/aromatic N) is 1. The number of hydrogen-bond acceptors (Lipinski definition) is 8. The van der Waals surface area contributed by atoms with E-state index in [1.54, 1.807) is 6.07 Å². The van der Waals surface area contributed by atoms with Crippen LogP contribution in [0.15, 0.2) is 65.1 Å². The van der Waals surface area contributed by atoms with Crippen LogP contribution in [0.25, 0.3) is 10.1 Å². The minimum atomic E-state index is -4.02. The Morgan fingerprint density at radius 1 is 1.07 bits per heavy atom. The van der Waals surface area contributed by atoms with Gasteiger partial charge in [0.15, 0.2) is 29.3 Å². The van der Waals surface area contributed by atoms with Crippen molar-refractivity contribution in [1.29, 1.82) is 0 Å². The number of carbonyl (C=O) groups excluding carboxylic acids is 1. The second-order valence-corrected chi connectivity index (χ2v) is 15.7. The molecule has 1 aliphatic heterocycles. The molecule has 1 N–H and O–H groups in total. The van der Waals surface area contributed by atoms with Gasteiger partial charge in [-0.3, -0.25) is 0 Å². The normalized spacial score (nSPS) is 17.9.